The number of sulfonamides is 1. The molecule has 0 aliphatic carbocycles. The average molecular weight is 527 g/mol. The van der Waals surface area contributed by atoms with Crippen LogP contribution in [0.15, 0.2) is 53.7 Å². The van der Waals surface area contributed by atoms with E-state index in [9.17, 15) is 13.2 Å². The van der Waals surface area contributed by atoms with Gasteiger partial charge in [0.15, 0.2) is 5.03 Å². The van der Waals surface area contributed by atoms with E-state index in [0.717, 1.165) is 12.0 Å². The Morgan fingerprint density at radius 3 is 2.54 bits per heavy atom. The van der Waals surface area contributed by atoms with Crippen molar-refractivity contribution in [3.8, 4) is 17.1 Å². The van der Waals surface area contributed by atoms with Crippen LogP contribution in [-0.2, 0) is 10.0 Å². The van der Waals surface area contributed by atoms with Crippen LogP contribution in [0.25, 0.3) is 11.3 Å². The molecule has 1 saturated heterocycles. The molecule has 10 nitrogen and oxygen atoms in total. The number of nitrogens with two attached hydrogens (primary N) is 1. The lowest BCUT2D eigenvalue weighted by molar-refractivity contribution is 0.0981. The molecule has 1 fully saturated rings. The predicted octanol–water partition coefficient (Wildman–Crippen LogP) is 3.90. The zero-order valence-corrected chi connectivity index (χ0v) is 22.4. The number of carbonyl (C=O) groups excluding carboxylic acids is 1. The number of nitrogens with zero attached hydrogens (tertiary/aromatic N) is 4. The van der Waals surface area contributed by atoms with Gasteiger partial charge in [0, 0.05) is 31.3 Å². The Bertz CT molecular complexity index is 1410. The molecular formula is C26H34N6O4S. The molecule has 0 radical (unpaired) electrons. The summed E-state index contributed by atoms with van der Waals surface area (Å²) in [6, 6.07) is 11.1. The number of carbonyl (C=O) groups is 1. The summed E-state index contributed by atoms with van der Waals surface area (Å²) < 4.78 is 33.5. The van der Waals surface area contributed by atoms with Gasteiger partial charge >= 0.3 is 0 Å². The van der Waals surface area contributed by atoms with Crippen molar-refractivity contribution < 1.29 is 19.4 Å². The number of rotatable bonds is 7. The molecule has 3 aromatic rings. The minimum absolute atomic E-state index is 0. The highest BCUT2D eigenvalue weighted by Gasteiger charge is 2.39. The van der Waals surface area contributed by atoms with Crippen molar-refractivity contribution in [1.82, 2.24) is 19.7 Å². The highest BCUT2D eigenvalue weighted by Crippen LogP contribution is 2.38. The van der Waals surface area contributed by atoms with Crippen molar-refractivity contribution >= 4 is 27.6 Å². The molecule has 3 aromatic heterocycles. The van der Waals surface area contributed by atoms with E-state index >= 15 is 0 Å². The fourth-order valence-corrected chi connectivity index (χ4v) is 5.55. The molecule has 0 unspecified atom stereocenters. The van der Waals surface area contributed by atoms with Gasteiger partial charge in [-0.2, -0.15) is 8.42 Å². The van der Waals surface area contributed by atoms with E-state index < -0.39 is 15.9 Å². The van der Waals surface area contributed by atoms with Crippen molar-refractivity contribution in [1.29, 1.82) is 0 Å². The van der Waals surface area contributed by atoms with Gasteiger partial charge in [-0.1, -0.05) is 13.0 Å². The monoisotopic (exact) mass is 526 g/mol. The Kier molecular flexibility index (Phi) is 7.09. The molecule has 1 aliphatic rings. The van der Waals surface area contributed by atoms with Gasteiger partial charge in [-0.15, -0.1) is 0 Å². The third-order valence-electron chi connectivity index (χ3n) is 6.08. The van der Waals surface area contributed by atoms with Crippen LogP contribution >= 0.6 is 0 Å². The summed E-state index contributed by atoms with van der Waals surface area (Å²) in [7, 11) is -4.25. The standard InChI is InChI=1S/C26H32N6O4S.H2/c1-16(2)36-22-12-9-18(14-28-22)20-11-10-19(24(29-20)32-15-17(3)13-26(32,4)5)25(33)31-37(34,35)23-8-6-7-21(27)30-23;/h6-12,14,16-17H,13,15H2,1-5H3,(H2,27,30)(H,31,33);1H/t17-;/m1./s1. The fraction of sp³-hybridized carbons (Fsp3) is 0.385. The maximum absolute atomic E-state index is 13.3. The smallest absolute Gasteiger partial charge is 0.281 e. The van der Waals surface area contributed by atoms with Crippen LogP contribution in [-0.4, -0.2) is 47.5 Å². The maximum Gasteiger partial charge on any atom is 0.281 e. The predicted molar refractivity (Wildman–Crippen MR) is 144 cm³/mol. The highest BCUT2D eigenvalue weighted by molar-refractivity contribution is 7.90. The van der Waals surface area contributed by atoms with Crippen molar-refractivity contribution in [3.63, 3.8) is 0 Å². The summed E-state index contributed by atoms with van der Waals surface area (Å²) in [5, 5.41) is -0.336. The number of nitrogens with one attached hydrogen (secondary N) is 1. The van der Waals surface area contributed by atoms with E-state index in [0.29, 0.717) is 29.9 Å². The lowest BCUT2D eigenvalue weighted by Gasteiger charge is -2.34. The second-order valence-electron chi connectivity index (χ2n) is 10.2. The van der Waals surface area contributed by atoms with Gasteiger partial charge in [0.1, 0.15) is 11.6 Å². The molecule has 4 rings (SSSR count). The number of nitrogen functional groups attached to an aromatic ring is 1. The Morgan fingerprint density at radius 2 is 1.95 bits per heavy atom. The van der Waals surface area contributed by atoms with Crippen molar-refractivity contribution in [2.24, 2.45) is 5.92 Å². The molecule has 1 atom stereocenters. The molecule has 4 heterocycles. The van der Waals surface area contributed by atoms with Crippen molar-refractivity contribution in [3.05, 3.63) is 54.2 Å². The quantitative estimate of drug-likeness (QED) is 0.469. The topological polar surface area (TPSA) is 140 Å². The first-order valence-electron chi connectivity index (χ1n) is 12.1. The van der Waals surface area contributed by atoms with E-state index in [-0.39, 0.29) is 29.5 Å². The summed E-state index contributed by atoms with van der Waals surface area (Å²) >= 11 is 0. The first-order chi connectivity index (χ1) is 17.4. The summed E-state index contributed by atoms with van der Waals surface area (Å²) in [6.45, 7) is 10.8. The Morgan fingerprint density at radius 1 is 1.19 bits per heavy atom. The fourth-order valence-electron chi connectivity index (χ4n) is 4.60. The zero-order chi connectivity index (χ0) is 27.0. The van der Waals surface area contributed by atoms with E-state index in [2.05, 4.69) is 40.4 Å². The van der Waals surface area contributed by atoms with E-state index in [4.69, 9.17) is 15.5 Å². The number of pyridine rings is 3. The normalized spacial score (nSPS) is 17.1. The molecule has 3 N–H and O–H groups in total. The Hall–Kier alpha value is -3.73. The SMILES string of the molecule is CC(C)Oc1ccc(-c2ccc(C(=O)NS(=O)(=O)c3cccc(N)n3)c(N3C[C@H](C)CC3(C)C)n2)cn1.[HH]. The third kappa shape index (κ3) is 5.82. The van der Waals surface area contributed by atoms with Gasteiger partial charge in [0.05, 0.1) is 17.4 Å². The van der Waals surface area contributed by atoms with Gasteiger partial charge in [-0.25, -0.2) is 19.7 Å². The lowest BCUT2D eigenvalue weighted by Crippen LogP contribution is -2.41. The van der Waals surface area contributed by atoms with Gasteiger partial charge in [-0.05, 0) is 70.4 Å². The van der Waals surface area contributed by atoms with Crippen LogP contribution < -0.4 is 20.1 Å². The number of anilines is 2. The van der Waals surface area contributed by atoms with Crippen LogP contribution in [0.5, 0.6) is 5.88 Å². The molecule has 0 bridgehead atoms. The van der Waals surface area contributed by atoms with Crippen LogP contribution in [0.4, 0.5) is 11.6 Å². The highest BCUT2D eigenvalue weighted by atomic mass is 32.2. The third-order valence-corrected chi connectivity index (χ3v) is 7.32. The Balaban J connectivity index is 0.00000400. The number of ether oxygens (including phenoxy) is 1. The molecule has 0 saturated carbocycles. The van der Waals surface area contributed by atoms with Crippen molar-refractivity contribution in [2.45, 2.75) is 57.7 Å². The largest absolute Gasteiger partial charge is 0.475 e. The maximum atomic E-state index is 13.3. The lowest BCUT2D eigenvalue weighted by atomic mass is 9.97. The first-order valence-corrected chi connectivity index (χ1v) is 13.6. The van der Waals surface area contributed by atoms with Gasteiger partial charge in [0.25, 0.3) is 15.9 Å². The molecule has 1 amide bonds. The molecule has 0 aromatic carbocycles. The minimum Gasteiger partial charge on any atom is -0.475 e. The summed E-state index contributed by atoms with van der Waals surface area (Å²) in [6.07, 6.45) is 2.56. The van der Waals surface area contributed by atoms with Gasteiger partial charge < -0.3 is 15.4 Å². The van der Waals surface area contributed by atoms with Crippen LogP contribution in [0.1, 0.15) is 52.8 Å². The van der Waals surface area contributed by atoms with Crippen molar-refractivity contribution in [2.75, 3.05) is 17.2 Å². The second kappa shape index (κ2) is 9.97. The minimum atomic E-state index is -4.25. The molecule has 37 heavy (non-hydrogen) atoms. The van der Waals surface area contributed by atoms with Crippen LogP contribution in [0.2, 0.25) is 0 Å². The van der Waals surface area contributed by atoms with Gasteiger partial charge in [0.2, 0.25) is 5.88 Å². The number of hydrogen-bond acceptors (Lipinski definition) is 9. The average Bonchev–Trinajstić information content (AvgIpc) is 3.10. The Labute approximate surface area is 218 Å². The molecule has 198 valence electrons. The molecule has 1 aliphatic heterocycles. The summed E-state index contributed by atoms with van der Waals surface area (Å²) in [5.41, 5.74) is 6.83. The molecule has 11 heteroatoms. The summed E-state index contributed by atoms with van der Waals surface area (Å²) in [4.78, 5) is 28.4. The zero-order valence-electron chi connectivity index (χ0n) is 21.6. The van der Waals surface area contributed by atoms with E-state index in [1.807, 2.05) is 19.9 Å². The molecular weight excluding hydrogens is 492 g/mol. The number of hydrogen-bond donors (Lipinski definition) is 2. The number of aromatic nitrogens is 3. The molecule has 0 spiro atoms. The van der Waals surface area contributed by atoms with Crippen LogP contribution in [0.3, 0.4) is 0 Å². The van der Waals surface area contributed by atoms with E-state index in [1.165, 1.54) is 18.2 Å². The summed E-state index contributed by atoms with van der Waals surface area (Å²) in [5.74, 6) is 0.513. The van der Waals surface area contributed by atoms with Gasteiger partial charge in [-0.3, -0.25) is 4.79 Å². The van der Waals surface area contributed by atoms with Crippen LogP contribution in [0, 0.1) is 5.92 Å². The first kappa shape index (κ1) is 26.3. The van der Waals surface area contributed by atoms with E-state index in [1.54, 1.807) is 24.4 Å². The second-order valence-corrected chi connectivity index (χ2v) is 11.8. The number of amides is 1.